The van der Waals surface area contributed by atoms with E-state index in [-0.39, 0.29) is 23.5 Å². The first-order chi connectivity index (χ1) is 19.9. The number of hydrogen-bond donors (Lipinski definition) is 1. The summed E-state index contributed by atoms with van der Waals surface area (Å²) in [5, 5.41) is 0. The number of rotatable bonds is 5. The van der Waals surface area contributed by atoms with Crippen molar-refractivity contribution in [3.05, 3.63) is 65.2 Å². The van der Waals surface area contributed by atoms with Crippen LogP contribution in [0.25, 0.3) is 11.3 Å². The van der Waals surface area contributed by atoms with E-state index in [9.17, 15) is 4.79 Å². The Balaban J connectivity index is 1.59. The molecule has 1 aromatic heterocycles. The second-order valence-corrected chi connectivity index (χ2v) is 14.3. The lowest BCUT2D eigenvalue weighted by molar-refractivity contribution is 0.0681. The predicted molar refractivity (Wildman–Crippen MR) is 172 cm³/mol. The zero-order valence-electron chi connectivity index (χ0n) is 26.1. The minimum absolute atomic E-state index is 0.0470. The van der Waals surface area contributed by atoms with Crippen LogP contribution < -0.4 is 9.46 Å². The van der Waals surface area contributed by atoms with Gasteiger partial charge < -0.3 is 9.64 Å². The van der Waals surface area contributed by atoms with Gasteiger partial charge in [-0.3, -0.25) is 14.4 Å². The lowest BCUT2D eigenvalue weighted by Gasteiger charge is -2.34. The number of carbonyl (C=O) groups excluding carboxylic acids is 1. The third-order valence-corrected chi connectivity index (χ3v) is 8.83. The molecule has 0 spiro atoms. The van der Waals surface area contributed by atoms with E-state index in [1.807, 2.05) is 35.2 Å². The first-order valence-electron chi connectivity index (χ1n) is 15.1. The van der Waals surface area contributed by atoms with Crippen LogP contribution in [0.1, 0.15) is 68.9 Å². The number of anilines is 1. The summed E-state index contributed by atoms with van der Waals surface area (Å²) in [5.41, 5.74) is 5.12. The average molecular weight is 588 g/mol. The Hall–Kier alpha value is -3.10. The number of nitrogens with one attached hydrogen (secondary N) is 1. The van der Waals surface area contributed by atoms with E-state index in [4.69, 9.17) is 14.7 Å². The molecule has 1 fully saturated rings. The summed E-state index contributed by atoms with van der Waals surface area (Å²) in [5.74, 6) is 1.57. The van der Waals surface area contributed by atoms with E-state index in [1.165, 1.54) is 11.9 Å². The van der Waals surface area contributed by atoms with E-state index < -0.39 is 0 Å². The smallest absolute Gasteiger partial charge is 0.254 e. The summed E-state index contributed by atoms with van der Waals surface area (Å²) in [6.07, 6.45) is 1.85. The molecule has 1 amide bonds. The summed E-state index contributed by atoms with van der Waals surface area (Å²) in [4.78, 5) is 29.2. The number of benzene rings is 2. The van der Waals surface area contributed by atoms with Crippen LogP contribution in [0.3, 0.4) is 0 Å². The van der Waals surface area contributed by atoms with Gasteiger partial charge in [0.1, 0.15) is 6.10 Å². The predicted octanol–water partition coefficient (Wildman–Crippen LogP) is 7.25. The average Bonchev–Trinajstić information content (AvgIpc) is 3.08. The van der Waals surface area contributed by atoms with Crippen LogP contribution in [0.5, 0.6) is 5.88 Å². The van der Waals surface area contributed by atoms with Crippen molar-refractivity contribution in [1.82, 2.24) is 19.8 Å². The number of hydrogen-bond acceptors (Lipinski definition) is 7. The molecule has 3 aromatic rings. The van der Waals surface area contributed by atoms with Gasteiger partial charge in [-0.25, -0.2) is 4.98 Å². The maximum absolute atomic E-state index is 14.0. The molecule has 2 aliphatic heterocycles. The Kier molecular flexibility index (Phi) is 9.14. The van der Waals surface area contributed by atoms with E-state index in [1.54, 1.807) is 0 Å². The Morgan fingerprint density at radius 3 is 2.48 bits per heavy atom. The van der Waals surface area contributed by atoms with Crippen LogP contribution in [0, 0.1) is 25.2 Å². The molecule has 3 heterocycles. The van der Waals surface area contributed by atoms with Gasteiger partial charge in [0.2, 0.25) is 11.8 Å². The molecule has 8 heteroatoms. The summed E-state index contributed by atoms with van der Waals surface area (Å²) < 4.78 is 10.1. The SMILES string of the molecule is Cc1cccc(C)c1-c1cc2nc(n1)NSc1cccc(c1)C(=O)N1C[C@@H](CN(CCC(C)(C)C)[C@@H](CC(C)C)C1)O2. The lowest BCUT2D eigenvalue weighted by Crippen LogP contribution is -2.44. The van der Waals surface area contributed by atoms with Crippen molar-refractivity contribution in [2.75, 3.05) is 30.9 Å². The van der Waals surface area contributed by atoms with Crippen LogP contribution in [-0.2, 0) is 0 Å². The van der Waals surface area contributed by atoms with Gasteiger partial charge in [-0.05, 0) is 85.8 Å². The molecule has 5 rings (SSSR count). The molecule has 0 aliphatic carbocycles. The molecule has 2 atom stereocenters. The second-order valence-electron chi connectivity index (χ2n) is 13.5. The highest BCUT2D eigenvalue weighted by atomic mass is 32.2. The fourth-order valence-corrected chi connectivity index (χ4v) is 6.58. The Bertz CT molecular complexity index is 1400. The first kappa shape index (κ1) is 30.4. The molecular formula is C34H45N5O2S. The molecule has 0 unspecified atom stereocenters. The molecule has 1 saturated heterocycles. The van der Waals surface area contributed by atoms with E-state index in [2.05, 4.69) is 76.3 Å². The van der Waals surface area contributed by atoms with Crippen LogP contribution in [-0.4, -0.2) is 64.0 Å². The zero-order valence-corrected chi connectivity index (χ0v) is 26.9. The Morgan fingerprint density at radius 1 is 1.02 bits per heavy atom. The molecule has 1 N–H and O–H groups in total. The van der Waals surface area contributed by atoms with E-state index >= 15 is 0 Å². The number of aryl methyl sites for hydroxylation is 2. The number of fused-ring (bicyclic) bond motifs is 6. The molecule has 224 valence electrons. The lowest BCUT2D eigenvalue weighted by atomic mass is 9.91. The molecule has 2 aliphatic rings. The van der Waals surface area contributed by atoms with Crippen molar-refractivity contribution in [2.45, 2.75) is 78.3 Å². The summed E-state index contributed by atoms with van der Waals surface area (Å²) in [7, 11) is 0. The van der Waals surface area contributed by atoms with Crippen LogP contribution >= 0.6 is 11.9 Å². The van der Waals surface area contributed by atoms with Crippen molar-refractivity contribution in [2.24, 2.45) is 11.3 Å². The minimum Gasteiger partial charge on any atom is -0.471 e. The maximum Gasteiger partial charge on any atom is 0.254 e. The van der Waals surface area contributed by atoms with Gasteiger partial charge in [0.05, 0.1) is 12.2 Å². The van der Waals surface area contributed by atoms with Crippen molar-refractivity contribution in [1.29, 1.82) is 0 Å². The molecule has 0 radical (unpaired) electrons. The normalized spacial score (nSPS) is 19.7. The molecule has 42 heavy (non-hydrogen) atoms. The highest BCUT2D eigenvalue weighted by Crippen LogP contribution is 2.32. The van der Waals surface area contributed by atoms with E-state index in [0.29, 0.717) is 36.4 Å². The van der Waals surface area contributed by atoms with Gasteiger partial charge in [0.15, 0.2) is 0 Å². The molecule has 6 bridgehead atoms. The summed E-state index contributed by atoms with van der Waals surface area (Å²) >= 11 is 1.41. The van der Waals surface area contributed by atoms with Crippen LogP contribution in [0.4, 0.5) is 5.95 Å². The van der Waals surface area contributed by atoms with Gasteiger partial charge in [-0.15, -0.1) is 0 Å². The third-order valence-electron chi connectivity index (χ3n) is 8.06. The third kappa shape index (κ3) is 7.45. The maximum atomic E-state index is 14.0. The molecule has 0 saturated carbocycles. The molecular weight excluding hydrogens is 542 g/mol. The van der Waals surface area contributed by atoms with Crippen LogP contribution in [0.2, 0.25) is 0 Å². The topological polar surface area (TPSA) is 70.6 Å². The zero-order chi connectivity index (χ0) is 30.0. The van der Waals surface area contributed by atoms with Crippen molar-refractivity contribution < 1.29 is 9.53 Å². The second kappa shape index (κ2) is 12.6. The van der Waals surface area contributed by atoms with Gasteiger partial charge in [0, 0.05) is 41.2 Å². The number of ether oxygens (including phenoxy) is 1. The van der Waals surface area contributed by atoms with Gasteiger partial charge in [-0.1, -0.05) is 58.9 Å². The monoisotopic (exact) mass is 587 g/mol. The minimum atomic E-state index is -0.240. The van der Waals surface area contributed by atoms with E-state index in [0.717, 1.165) is 53.2 Å². The fourth-order valence-electron chi connectivity index (χ4n) is 5.95. The standard InChI is InChI=1S/C34H45N5O2S/c1-22(2)16-26-19-39-21-27(20-38(26)15-14-34(5,6)7)41-30-18-29(31-23(3)10-8-11-24(31)4)35-33(36-30)37-42-28-13-9-12-25(17-28)32(39)40/h8-13,17-18,22,26-27H,14-16,19-21H2,1-7H3,(H,35,36,37)/t26-,27+/m0/s1. The number of carbonyl (C=O) groups is 1. The van der Waals surface area contributed by atoms with Gasteiger partial charge in [0.25, 0.3) is 5.91 Å². The van der Waals surface area contributed by atoms with Crippen molar-refractivity contribution in [3.8, 4) is 17.1 Å². The quantitative estimate of drug-likeness (QED) is 0.315. The highest BCUT2D eigenvalue weighted by Gasteiger charge is 2.35. The number of amides is 1. The highest BCUT2D eigenvalue weighted by molar-refractivity contribution is 8.00. The molecule has 7 nitrogen and oxygen atoms in total. The van der Waals surface area contributed by atoms with Crippen molar-refractivity contribution in [3.63, 3.8) is 0 Å². The Labute approximate surface area is 255 Å². The Morgan fingerprint density at radius 2 is 1.76 bits per heavy atom. The largest absolute Gasteiger partial charge is 0.471 e. The molecule has 2 aromatic carbocycles. The first-order valence-corrected chi connectivity index (χ1v) is 16.0. The van der Waals surface area contributed by atoms with Gasteiger partial charge in [-0.2, -0.15) is 4.98 Å². The number of aromatic nitrogens is 2. The van der Waals surface area contributed by atoms with Crippen LogP contribution in [0.15, 0.2) is 53.4 Å². The van der Waals surface area contributed by atoms with Crippen molar-refractivity contribution >= 4 is 23.8 Å². The fraction of sp³-hybridized carbons (Fsp3) is 0.500. The summed E-state index contributed by atoms with van der Waals surface area (Å²) in [6, 6.07) is 16.3. The number of nitrogens with zero attached hydrogens (tertiary/aromatic N) is 4. The summed E-state index contributed by atoms with van der Waals surface area (Å²) in [6.45, 7) is 18.5. The van der Waals surface area contributed by atoms with Gasteiger partial charge >= 0.3 is 0 Å².